The van der Waals surface area contributed by atoms with Crippen molar-refractivity contribution < 1.29 is 4.92 Å². The molecule has 0 aliphatic carbocycles. The molecular formula is C6H6N4O2. The van der Waals surface area contributed by atoms with Gasteiger partial charge in [-0.15, -0.1) is 0 Å². The van der Waals surface area contributed by atoms with Gasteiger partial charge in [0.05, 0.1) is 0 Å². The van der Waals surface area contributed by atoms with E-state index in [0.29, 0.717) is 0 Å². The van der Waals surface area contributed by atoms with Crippen LogP contribution in [0.4, 0.5) is 5.95 Å². The lowest BCUT2D eigenvalue weighted by Crippen LogP contribution is -2.05. The van der Waals surface area contributed by atoms with Crippen LogP contribution in [0.5, 0.6) is 0 Å². The quantitative estimate of drug-likeness (QED) is 0.482. The van der Waals surface area contributed by atoms with Crippen LogP contribution in [-0.2, 0) is 0 Å². The highest BCUT2D eigenvalue weighted by atomic mass is 16.6. The van der Waals surface area contributed by atoms with Gasteiger partial charge in [0, 0.05) is 0 Å². The highest BCUT2D eigenvalue weighted by Crippen LogP contribution is 2.13. The van der Waals surface area contributed by atoms with Gasteiger partial charge in [0.15, 0.2) is 6.04 Å². The van der Waals surface area contributed by atoms with Gasteiger partial charge in [-0.2, -0.15) is 5.26 Å². The summed E-state index contributed by atoms with van der Waals surface area (Å²) in [6.07, 6.45) is 2.71. The second-order valence-electron chi connectivity index (χ2n) is 2.20. The third kappa shape index (κ3) is 1.25. The molecule has 0 radical (unpaired) electrons. The molecule has 0 bridgehead atoms. The molecule has 0 aliphatic heterocycles. The van der Waals surface area contributed by atoms with E-state index in [1.165, 1.54) is 17.0 Å². The summed E-state index contributed by atoms with van der Waals surface area (Å²) in [5, 5.41) is 18.8. The van der Waals surface area contributed by atoms with Gasteiger partial charge in [-0.05, 0) is 11.8 Å². The van der Waals surface area contributed by atoms with E-state index in [4.69, 9.17) is 5.26 Å². The minimum atomic E-state index is -0.617. The molecule has 1 aromatic rings. The molecule has 12 heavy (non-hydrogen) atoms. The van der Waals surface area contributed by atoms with Crippen LogP contribution in [0.25, 0.3) is 0 Å². The first kappa shape index (κ1) is 8.20. The molecule has 1 heterocycles. The van der Waals surface area contributed by atoms with Crippen molar-refractivity contribution in [2.75, 3.05) is 0 Å². The zero-order valence-electron chi connectivity index (χ0n) is 6.34. The van der Waals surface area contributed by atoms with Crippen LogP contribution in [0.1, 0.15) is 13.0 Å². The highest BCUT2D eigenvalue weighted by Gasteiger charge is 2.18. The average molecular weight is 166 g/mol. The summed E-state index contributed by atoms with van der Waals surface area (Å²) < 4.78 is 1.21. The first-order valence-corrected chi connectivity index (χ1v) is 3.23. The molecule has 1 atom stereocenters. The van der Waals surface area contributed by atoms with E-state index in [-0.39, 0.29) is 5.95 Å². The minimum absolute atomic E-state index is 0.302. The van der Waals surface area contributed by atoms with E-state index >= 15 is 0 Å². The predicted octanol–water partition coefficient (Wildman–Crippen LogP) is 0.876. The van der Waals surface area contributed by atoms with Crippen LogP contribution in [0, 0.1) is 21.4 Å². The SMILES string of the molecule is CC(C#N)n1ccnc1[N+](=O)[O-]. The van der Waals surface area contributed by atoms with Gasteiger partial charge in [-0.25, -0.2) is 4.57 Å². The fourth-order valence-corrected chi connectivity index (χ4v) is 0.811. The van der Waals surface area contributed by atoms with Crippen LogP contribution in [0.2, 0.25) is 0 Å². The Bertz CT molecular complexity index is 338. The summed E-state index contributed by atoms with van der Waals surface area (Å²) in [4.78, 5) is 13.2. The standard InChI is InChI=1S/C6H6N4O2/c1-5(4-7)9-3-2-8-6(9)10(11)12/h2-3,5H,1H3. The zero-order valence-corrected chi connectivity index (χ0v) is 6.34. The largest absolute Gasteiger partial charge is 0.435 e. The van der Waals surface area contributed by atoms with Crippen molar-refractivity contribution in [1.29, 1.82) is 5.26 Å². The summed E-state index contributed by atoms with van der Waals surface area (Å²) in [6, 6.07) is 1.32. The number of nitriles is 1. The number of nitro groups is 1. The Morgan fingerprint density at radius 3 is 3.08 bits per heavy atom. The predicted molar refractivity (Wildman–Crippen MR) is 39.2 cm³/mol. The molecule has 6 nitrogen and oxygen atoms in total. The third-order valence-electron chi connectivity index (χ3n) is 1.42. The average Bonchev–Trinajstić information content (AvgIpc) is 2.50. The molecule has 0 amide bonds. The lowest BCUT2D eigenvalue weighted by molar-refractivity contribution is -0.396. The number of hydrogen-bond donors (Lipinski definition) is 0. The molecule has 6 heteroatoms. The molecule has 0 spiro atoms. The first-order chi connectivity index (χ1) is 5.66. The van der Waals surface area contributed by atoms with E-state index in [1.807, 2.05) is 6.07 Å². The number of nitrogens with zero attached hydrogens (tertiary/aromatic N) is 4. The second kappa shape index (κ2) is 3.00. The van der Waals surface area contributed by atoms with Gasteiger partial charge in [-0.3, -0.25) is 0 Å². The Morgan fingerprint density at radius 2 is 2.58 bits per heavy atom. The van der Waals surface area contributed by atoms with E-state index in [9.17, 15) is 10.1 Å². The molecule has 1 rings (SSSR count). The van der Waals surface area contributed by atoms with Crippen LogP contribution >= 0.6 is 0 Å². The molecule has 0 aromatic carbocycles. The maximum atomic E-state index is 10.3. The fraction of sp³-hybridized carbons (Fsp3) is 0.333. The maximum absolute atomic E-state index is 10.3. The van der Waals surface area contributed by atoms with Crippen LogP contribution in [-0.4, -0.2) is 14.5 Å². The van der Waals surface area contributed by atoms with Crippen molar-refractivity contribution in [3.05, 3.63) is 22.5 Å². The Labute approximate surface area is 68.2 Å². The Hall–Kier alpha value is -1.90. The number of aromatic nitrogens is 2. The van der Waals surface area contributed by atoms with Crippen LogP contribution < -0.4 is 0 Å². The molecule has 0 fully saturated rings. The van der Waals surface area contributed by atoms with Crippen molar-refractivity contribution in [1.82, 2.24) is 9.55 Å². The molecule has 0 N–H and O–H groups in total. The lowest BCUT2D eigenvalue weighted by atomic mass is 10.4. The van der Waals surface area contributed by atoms with Crippen molar-refractivity contribution >= 4 is 5.95 Å². The van der Waals surface area contributed by atoms with Gasteiger partial charge < -0.3 is 10.1 Å². The van der Waals surface area contributed by atoms with Gasteiger partial charge in [0.1, 0.15) is 18.5 Å². The second-order valence-corrected chi connectivity index (χ2v) is 2.20. The third-order valence-corrected chi connectivity index (χ3v) is 1.42. The van der Waals surface area contributed by atoms with E-state index in [2.05, 4.69) is 4.98 Å². The van der Waals surface area contributed by atoms with Gasteiger partial charge in [-0.1, -0.05) is 4.98 Å². The Morgan fingerprint density at radius 1 is 1.92 bits per heavy atom. The zero-order chi connectivity index (χ0) is 9.14. The summed E-state index contributed by atoms with van der Waals surface area (Å²) in [7, 11) is 0. The Kier molecular flexibility index (Phi) is 2.05. The van der Waals surface area contributed by atoms with Crippen LogP contribution in [0.15, 0.2) is 12.4 Å². The topological polar surface area (TPSA) is 84.8 Å². The molecule has 62 valence electrons. The van der Waals surface area contributed by atoms with Crippen molar-refractivity contribution in [2.45, 2.75) is 13.0 Å². The van der Waals surface area contributed by atoms with E-state index in [1.54, 1.807) is 6.92 Å². The van der Waals surface area contributed by atoms with E-state index < -0.39 is 11.0 Å². The van der Waals surface area contributed by atoms with Crippen molar-refractivity contribution in [3.63, 3.8) is 0 Å². The van der Waals surface area contributed by atoms with Crippen molar-refractivity contribution in [2.24, 2.45) is 0 Å². The smallest absolute Gasteiger partial charge is 0.390 e. The Balaban J connectivity index is 3.09. The molecule has 0 saturated carbocycles. The molecule has 0 aliphatic rings. The molecule has 1 unspecified atom stereocenters. The summed E-state index contributed by atoms with van der Waals surface area (Å²) >= 11 is 0. The summed E-state index contributed by atoms with van der Waals surface area (Å²) in [6.45, 7) is 1.56. The molecular weight excluding hydrogens is 160 g/mol. The minimum Gasteiger partial charge on any atom is -0.390 e. The number of imidazole rings is 1. The van der Waals surface area contributed by atoms with Gasteiger partial charge in [0.2, 0.25) is 0 Å². The number of rotatable bonds is 2. The van der Waals surface area contributed by atoms with E-state index in [0.717, 1.165) is 0 Å². The summed E-state index contributed by atoms with van der Waals surface area (Å²) in [5.41, 5.74) is 0. The van der Waals surface area contributed by atoms with Crippen molar-refractivity contribution in [3.8, 4) is 6.07 Å². The normalized spacial score (nSPS) is 12.0. The van der Waals surface area contributed by atoms with Gasteiger partial charge >= 0.3 is 5.95 Å². The molecule has 1 aromatic heterocycles. The fourth-order valence-electron chi connectivity index (χ4n) is 0.811. The maximum Gasteiger partial charge on any atom is 0.435 e. The summed E-state index contributed by atoms with van der Waals surface area (Å²) in [5.74, 6) is -0.302. The monoisotopic (exact) mass is 166 g/mol. The highest BCUT2D eigenvalue weighted by molar-refractivity contribution is 5.11. The number of hydrogen-bond acceptors (Lipinski definition) is 4. The first-order valence-electron chi connectivity index (χ1n) is 3.23. The molecule has 0 saturated heterocycles. The lowest BCUT2D eigenvalue weighted by Gasteiger charge is -2.00. The van der Waals surface area contributed by atoms with Gasteiger partial charge in [0.25, 0.3) is 0 Å². The van der Waals surface area contributed by atoms with Crippen LogP contribution in [0.3, 0.4) is 0 Å².